The summed E-state index contributed by atoms with van der Waals surface area (Å²) in [5.74, 6) is 0.434. The van der Waals surface area contributed by atoms with Crippen molar-refractivity contribution in [2.45, 2.75) is 65.2 Å². The van der Waals surface area contributed by atoms with E-state index in [0.717, 1.165) is 5.46 Å². The molecule has 0 bridgehead atoms. The first-order valence-electron chi connectivity index (χ1n) is 8.55. The monoisotopic (exact) mass is 304 g/mol. The summed E-state index contributed by atoms with van der Waals surface area (Å²) in [5.41, 5.74) is 6.14. The minimum absolute atomic E-state index is 0.109. The van der Waals surface area contributed by atoms with Crippen LogP contribution in [0.5, 0.6) is 0 Å². The Kier molecular flexibility index (Phi) is 4.80. The first-order chi connectivity index (χ1) is 10.6. The maximum Gasteiger partial charge on any atom is 0.114 e. The van der Waals surface area contributed by atoms with Gasteiger partial charge in [0.1, 0.15) is 7.85 Å². The summed E-state index contributed by atoms with van der Waals surface area (Å²) in [5, 5.41) is 0. The molecule has 0 fully saturated rings. The van der Waals surface area contributed by atoms with Crippen molar-refractivity contribution in [3.63, 3.8) is 0 Å². The van der Waals surface area contributed by atoms with Crippen LogP contribution < -0.4 is 5.46 Å². The molecule has 23 heavy (non-hydrogen) atoms. The highest BCUT2D eigenvalue weighted by molar-refractivity contribution is 6.34. The van der Waals surface area contributed by atoms with Gasteiger partial charge in [-0.2, -0.15) is 0 Å². The van der Waals surface area contributed by atoms with Crippen molar-refractivity contribution in [1.29, 1.82) is 0 Å². The van der Waals surface area contributed by atoms with Crippen molar-refractivity contribution in [2.75, 3.05) is 0 Å². The smallest absolute Gasteiger partial charge is 0.0893 e. The molecule has 2 radical (unpaired) electrons. The molecule has 1 heteroatoms. The number of rotatable bonds is 3. The molecule has 0 spiro atoms. The fourth-order valence-electron chi connectivity index (χ4n) is 3.46. The van der Waals surface area contributed by atoms with Crippen molar-refractivity contribution in [3.8, 4) is 0 Å². The summed E-state index contributed by atoms with van der Waals surface area (Å²) in [6.45, 7) is 15.8. The van der Waals surface area contributed by atoms with Crippen LogP contribution in [-0.2, 0) is 10.8 Å². The van der Waals surface area contributed by atoms with Gasteiger partial charge in [-0.3, -0.25) is 0 Å². The van der Waals surface area contributed by atoms with Gasteiger partial charge in [-0.05, 0) is 28.0 Å². The zero-order chi connectivity index (χ0) is 17.4. The molecule has 0 aliphatic carbocycles. The third-order valence-corrected chi connectivity index (χ3v) is 4.84. The van der Waals surface area contributed by atoms with Crippen LogP contribution >= 0.6 is 0 Å². The lowest BCUT2D eigenvalue weighted by molar-refractivity contribution is 0.550. The second-order valence-electron chi connectivity index (χ2n) is 8.38. The van der Waals surface area contributed by atoms with Gasteiger partial charge < -0.3 is 0 Å². The van der Waals surface area contributed by atoms with Crippen molar-refractivity contribution < 1.29 is 0 Å². The molecule has 0 heterocycles. The van der Waals surface area contributed by atoms with Gasteiger partial charge >= 0.3 is 0 Å². The Labute approximate surface area is 143 Å². The number of hydrogen-bond acceptors (Lipinski definition) is 0. The quantitative estimate of drug-likeness (QED) is 0.681. The van der Waals surface area contributed by atoms with Crippen LogP contribution in [0.15, 0.2) is 42.5 Å². The van der Waals surface area contributed by atoms with E-state index in [-0.39, 0.29) is 10.8 Å². The molecular formula is C22H29B. The first-order valence-corrected chi connectivity index (χ1v) is 8.55. The van der Waals surface area contributed by atoms with Crippen LogP contribution in [-0.4, -0.2) is 7.85 Å². The van der Waals surface area contributed by atoms with Gasteiger partial charge in [-0.25, -0.2) is 0 Å². The normalized spacial score (nSPS) is 12.7. The molecule has 2 aromatic carbocycles. The van der Waals surface area contributed by atoms with Crippen molar-refractivity contribution in [1.82, 2.24) is 0 Å². The highest BCUT2D eigenvalue weighted by Gasteiger charge is 2.30. The Hall–Kier alpha value is -1.50. The highest BCUT2D eigenvalue weighted by Crippen LogP contribution is 2.38. The molecule has 120 valence electrons. The SMILES string of the molecule is [B]c1c(C(C)C)cccc1C(C)(C)c1ccccc1C(C)(C)C. The predicted molar refractivity (Wildman–Crippen MR) is 103 cm³/mol. The largest absolute Gasteiger partial charge is 0.114 e. The van der Waals surface area contributed by atoms with Gasteiger partial charge in [0.2, 0.25) is 0 Å². The molecule has 2 rings (SSSR count). The zero-order valence-electron chi connectivity index (χ0n) is 15.7. The second kappa shape index (κ2) is 6.19. The minimum Gasteiger partial charge on any atom is -0.0893 e. The van der Waals surface area contributed by atoms with E-state index in [9.17, 15) is 0 Å². The van der Waals surface area contributed by atoms with Crippen LogP contribution in [0.1, 0.15) is 76.6 Å². The molecule has 0 aliphatic rings. The lowest BCUT2D eigenvalue weighted by atomic mass is 9.66. The Morgan fingerprint density at radius 2 is 1.26 bits per heavy atom. The van der Waals surface area contributed by atoms with E-state index in [0.29, 0.717) is 5.92 Å². The van der Waals surface area contributed by atoms with Gasteiger partial charge in [0, 0.05) is 5.41 Å². The fraction of sp³-hybridized carbons (Fsp3) is 0.455. The molecule has 0 saturated carbocycles. The van der Waals surface area contributed by atoms with Crippen LogP contribution in [0.2, 0.25) is 0 Å². The first kappa shape index (κ1) is 17.9. The summed E-state index contributed by atoms with van der Waals surface area (Å²) < 4.78 is 0. The molecule has 0 amide bonds. The standard InChI is InChI=1S/C22H29B/c1-15(2)16-11-10-14-19(20(16)23)22(6,7)18-13-9-8-12-17(18)21(3,4)5/h8-15H,1-7H3. The molecule has 0 nitrogen and oxygen atoms in total. The third-order valence-electron chi connectivity index (χ3n) is 4.84. The fourth-order valence-corrected chi connectivity index (χ4v) is 3.46. The summed E-state index contributed by atoms with van der Waals surface area (Å²) in [7, 11) is 6.57. The molecule has 0 saturated heterocycles. The molecule has 0 atom stereocenters. The Morgan fingerprint density at radius 1 is 0.739 bits per heavy atom. The lowest BCUT2D eigenvalue weighted by Gasteiger charge is -2.35. The van der Waals surface area contributed by atoms with Gasteiger partial charge in [0.25, 0.3) is 0 Å². The summed E-state index contributed by atoms with van der Waals surface area (Å²) in [4.78, 5) is 0. The van der Waals surface area contributed by atoms with Crippen molar-refractivity contribution in [3.05, 3.63) is 64.7 Å². The van der Waals surface area contributed by atoms with E-state index < -0.39 is 0 Å². The summed E-state index contributed by atoms with van der Waals surface area (Å²) >= 11 is 0. The van der Waals surface area contributed by atoms with Gasteiger partial charge in [-0.15, -0.1) is 0 Å². The van der Waals surface area contributed by atoms with E-state index in [2.05, 4.69) is 90.9 Å². The molecule has 0 unspecified atom stereocenters. The Morgan fingerprint density at radius 3 is 1.78 bits per heavy atom. The van der Waals surface area contributed by atoms with Crippen LogP contribution in [0.3, 0.4) is 0 Å². The van der Waals surface area contributed by atoms with Crippen LogP contribution in [0, 0.1) is 0 Å². The number of hydrogen-bond donors (Lipinski definition) is 0. The van der Waals surface area contributed by atoms with Crippen molar-refractivity contribution in [2.24, 2.45) is 0 Å². The predicted octanol–water partition coefficient (Wildman–Crippen LogP) is 5.23. The van der Waals surface area contributed by atoms with Crippen molar-refractivity contribution >= 4 is 13.3 Å². The third kappa shape index (κ3) is 3.39. The van der Waals surface area contributed by atoms with E-state index in [1.54, 1.807) is 0 Å². The Balaban J connectivity index is 2.68. The van der Waals surface area contributed by atoms with Gasteiger partial charge in [-0.1, -0.05) is 102 Å². The maximum atomic E-state index is 6.57. The molecule has 2 aromatic rings. The Bertz CT molecular complexity index is 687. The molecule has 0 N–H and O–H groups in total. The van der Waals surface area contributed by atoms with E-state index in [1.165, 1.54) is 22.3 Å². The van der Waals surface area contributed by atoms with E-state index in [4.69, 9.17) is 7.85 Å². The topological polar surface area (TPSA) is 0 Å². The second-order valence-corrected chi connectivity index (χ2v) is 8.38. The van der Waals surface area contributed by atoms with Crippen LogP contribution in [0.4, 0.5) is 0 Å². The van der Waals surface area contributed by atoms with Crippen LogP contribution in [0.25, 0.3) is 0 Å². The molecule has 0 aromatic heterocycles. The summed E-state index contributed by atoms with van der Waals surface area (Å²) in [6, 6.07) is 15.2. The molecule has 0 aliphatic heterocycles. The van der Waals surface area contributed by atoms with Gasteiger partial charge in [0.15, 0.2) is 0 Å². The average molecular weight is 304 g/mol. The van der Waals surface area contributed by atoms with E-state index >= 15 is 0 Å². The average Bonchev–Trinajstić information content (AvgIpc) is 2.46. The van der Waals surface area contributed by atoms with Gasteiger partial charge in [0.05, 0.1) is 0 Å². The van der Waals surface area contributed by atoms with E-state index in [1.807, 2.05) is 0 Å². The summed E-state index contributed by atoms with van der Waals surface area (Å²) in [6.07, 6.45) is 0. The lowest BCUT2D eigenvalue weighted by Crippen LogP contribution is -2.32. The minimum atomic E-state index is -0.126. The maximum absolute atomic E-state index is 6.57. The molecular weight excluding hydrogens is 275 g/mol. The number of benzene rings is 2. The highest BCUT2D eigenvalue weighted by atomic mass is 14.3. The zero-order valence-corrected chi connectivity index (χ0v) is 15.7.